The van der Waals surface area contributed by atoms with Crippen molar-refractivity contribution in [1.29, 1.82) is 0 Å². The van der Waals surface area contributed by atoms with Crippen LogP contribution < -0.4 is 15.8 Å². The third-order valence-electron chi connectivity index (χ3n) is 6.28. The van der Waals surface area contributed by atoms with Gasteiger partial charge in [-0.3, -0.25) is 14.4 Å². The number of piperidine rings is 1. The van der Waals surface area contributed by atoms with Crippen LogP contribution in [-0.4, -0.2) is 51.8 Å². The highest BCUT2D eigenvalue weighted by Crippen LogP contribution is 2.37. The van der Waals surface area contributed by atoms with Crippen LogP contribution in [0.25, 0.3) is 11.1 Å². The highest BCUT2D eigenvalue weighted by molar-refractivity contribution is 6.36. The van der Waals surface area contributed by atoms with Gasteiger partial charge in [0, 0.05) is 53.7 Å². The summed E-state index contributed by atoms with van der Waals surface area (Å²) >= 11 is 12.4. The van der Waals surface area contributed by atoms with E-state index in [0.717, 1.165) is 37.1 Å². The maximum atomic E-state index is 14.0. The number of pyridine rings is 1. The van der Waals surface area contributed by atoms with Gasteiger partial charge in [0.25, 0.3) is 0 Å². The molecule has 1 atom stereocenters. The molecule has 3 N–H and O–H groups in total. The summed E-state index contributed by atoms with van der Waals surface area (Å²) in [6.45, 7) is 6.37. The minimum absolute atomic E-state index is 0.0578. The monoisotopic (exact) mass is 534 g/mol. The molecule has 2 aromatic heterocycles. The number of nitrogen functional groups attached to an aromatic ring is 1. The van der Waals surface area contributed by atoms with Crippen molar-refractivity contribution in [2.45, 2.75) is 38.8 Å². The van der Waals surface area contributed by atoms with Gasteiger partial charge in [0.05, 0.1) is 23.8 Å². The van der Waals surface area contributed by atoms with E-state index in [0.29, 0.717) is 29.4 Å². The molecule has 0 bridgehead atoms. The maximum absolute atomic E-state index is 14.0. The number of likely N-dealkylation sites (N-methyl/N-ethyl adjacent to an activating group) is 1. The van der Waals surface area contributed by atoms with E-state index in [4.69, 9.17) is 33.7 Å². The topological polar surface area (TPSA) is 98.3 Å². The van der Waals surface area contributed by atoms with Crippen molar-refractivity contribution in [3.8, 4) is 16.9 Å². The number of nitrogens with zero attached hydrogens (tertiary/aromatic N) is 4. The minimum atomic E-state index is -0.660. The van der Waals surface area contributed by atoms with Gasteiger partial charge in [0.1, 0.15) is 11.9 Å². The lowest BCUT2D eigenvalue weighted by atomic mass is 10.1. The Morgan fingerprint density at radius 1 is 1.28 bits per heavy atom. The van der Waals surface area contributed by atoms with Gasteiger partial charge in [-0.15, -0.1) is 0 Å². The van der Waals surface area contributed by atoms with Crippen LogP contribution in [0, 0.1) is 5.82 Å². The van der Waals surface area contributed by atoms with Crippen molar-refractivity contribution in [2.75, 3.05) is 31.9 Å². The molecule has 36 heavy (non-hydrogen) atoms. The summed E-state index contributed by atoms with van der Waals surface area (Å²) in [5.74, 6) is 0.0141. The van der Waals surface area contributed by atoms with Crippen molar-refractivity contribution < 1.29 is 13.9 Å². The number of anilines is 1. The van der Waals surface area contributed by atoms with Gasteiger partial charge < -0.3 is 15.8 Å². The fourth-order valence-electron chi connectivity index (χ4n) is 4.36. The second-order valence-electron chi connectivity index (χ2n) is 8.79. The number of amides is 1. The molecule has 0 saturated carbocycles. The largest absolute Gasteiger partial charge is 0.482 e. The Labute approximate surface area is 219 Å². The molecule has 0 radical (unpaired) electrons. The highest BCUT2D eigenvalue weighted by Gasteiger charge is 2.23. The minimum Gasteiger partial charge on any atom is -0.482 e. The number of nitrogens with two attached hydrogens (primary N) is 1. The molecule has 1 aliphatic heterocycles. The fraction of sp³-hybridized carbons (Fsp3) is 0.400. The molecule has 0 spiro atoms. The highest BCUT2D eigenvalue weighted by atomic mass is 35.5. The molecule has 3 aromatic rings. The normalized spacial score (nSPS) is 15.6. The molecule has 1 amide bonds. The van der Waals surface area contributed by atoms with Crippen LogP contribution in [0.2, 0.25) is 10.0 Å². The van der Waals surface area contributed by atoms with Gasteiger partial charge >= 0.3 is 0 Å². The quantitative estimate of drug-likeness (QED) is 0.399. The molecule has 11 heteroatoms. The molecule has 1 aromatic carbocycles. The SMILES string of the molecule is CCNC(=O)CN1CCC(n2cc(-c3cnc(N)c(OC(C)c4c(Cl)ccc(F)c4Cl)c3)cn2)CC1. The van der Waals surface area contributed by atoms with Crippen molar-refractivity contribution in [2.24, 2.45) is 0 Å². The lowest BCUT2D eigenvalue weighted by Crippen LogP contribution is -2.41. The smallest absolute Gasteiger partial charge is 0.234 e. The fourth-order valence-corrected chi connectivity index (χ4v) is 5.04. The van der Waals surface area contributed by atoms with Gasteiger partial charge in [-0.1, -0.05) is 23.2 Å². The van der Waals surface area contributed by atoms with Gasteiger partial charge in [-0.05, 0) is 44.9 Å². The first-order chi connectivity index (χ1) is 17.3. The van der Waals surface area contributed by atoms with Crippen LogP contribution in [0.5, 0.6) is 5.75 Å². The molecule has 3 heterocycles. The summed E-state index contributed by atoms with van der Waals surface area (Å²) < 4.78 is 21.9. The molecule has 1 aliphatic rings. The number of likely N-dealkylation sites (tertiary alicyclic amines) is 1. The van der Waals surface area contributed by atoms with Gasteiger partial charge in [0.2, 0.25) is 5.91 Å². The number of ether oxygens (including phenoxy) is 1. The summed E-state index contributed by atoms with van der Waals surface area (Å²) in [4.78, 5) is 18.3. The molecule has 1 saturated heterocycles. The maximum Gasteiger partial charge on any atom is 0.234 e. The Kier molecular flexibility index (Phi) is 8.33. The van der Waals surface area contributed by atoms with Gasteiger partial charge in [-0.2, -0.15) is 5.10 Å². The molecule has 0 aliphatic carbocycles. The van der Waals surface area contributed by atoms with E-state index in [1.54, 1.807) is 25.4 Å². The summed E-state index contributed by atoms with van der Waals surface area (Å²) in [7, 11) is 0. The summed E-state index contributed by atoms with van der Waals surface area (Å²) in [6.07, 6.45) is 6.56. The number of hydrogen-bond donors (Lipinski definition) is 2. The van der Waals surface area contributed by atoms with Crippen LogP contribution in [0.3, 0.4) is 0 Å². The van der Waals surface area contributed by atoms with E-state index in [-0.39, 0.29) is 22.8 Å². The first-order valence-corrected chi connectivity index (χ1v) is 12.6. The third kappa shape index (κ3) is 5.91. The molecule has 8 nitrogen and oxygen atoms in total. The van der Waals surface area contributed by atoms with Crippen LogP contribution >= 0.6 is 23.2 Å². The van der Waals surface area contributed by atoms with Crippen molar-refractivity contribution in [1.82, 2.24) is 25.0 Å². The Morgan fingerprint density at radius 2 is 2.03 bits per heavy atom. The molecule has 1 unspecified atom stereocenters. The Balaban J connectivity index is 1.45. The molecular weight excluding hydrogens is 506 g/mol. The van der Waals surface area contributed by atoms with Crippen molar-refractivity contribution >= 4 is 34.9 Å². The molecular formula is C25H29Cl2FN6O2. The van der Waals surface area contributed by atoms with E-state index >= 15 is 0 Å². The molecule has 4 rings (SSSR count). The first kappa shape index (κ1) is 26.2. The van der Waals surface area contributed by atoms with E-state index in [1.165, 1.54) is 12.1 Å². The Hall–Kier alpha value is -2.88. The second kappa shape index (κ2) is 11.5. The number of carbonyl (C=O) groups excluding carboxylic acids is 1. The Bertz CT molecular complexity index is 1230. The molecule has 192 valence electrons. The summed E-state index contributed by atoms with van der Waals surface area (Å²) in [5.41, 5.74) is 8.05. The second-order valence-corrected chi connectivity index (χ2v) is 9.58. The van der Waals surface area contributed by atoms with Crippen molar-refractivity contribution in [3.63, 3.8) is 0 Å². The Morgan fingerprint density at radius 3 is 2.75 bits per heavy atom. The third-order valence-corrected chi connectivity index (χ3v) is 6.99. The van der Waals surface area contributed by atoms with Crippen LogP contribution in [0.4, 0.5) is 10.2 Å². The number of halogens is 3. The number of aromatic nitrogens is 3. The zero-order valence-electron chi connectivity index (χ0n) is 20.2. The zero-order valence-corrected chi connectivity index (χ0v) is 21.7. The van der Waals surface area contributed by atoms with E-state index < -0.39 is 11.9 Å². The van der Waals surface area contributed by atoms with E-state index in [2.05, 4.69) is 20.3 Å². The number of hydrogen-bond acceptors (Lipinski definition) is 6. The number of carbonyl (C=O) groups is 1. The van der Waals surface area contributed by atoms with Crippen LogP contribution in [0.15, 0.2) is 36.8 Å². The lowest BCUT2D eigenvalue weighted by Gasteiger charge is -2.31. The predicted octanol–water partition coefficient (Wildman–Crippen LogP) is 4.89. The van der Waals surface area contributed by atoms with E-state index in [9.17, 15) is 9.18 Å². The number of benzene rings is 1. The van der Waals surface area contributed by atoms with Crippen LogP contribution in [-0.2, 0) is 4.79 Å². The van der Waals surface area contributed by atoms with Crippen molar-refractivity contribution in [3.05, 3.63) is 58.2 Å². The predicted molar refractivity (Wildman–Crippen MR) is 139 cm³/mol. The van der Waals surface area contributed by atoms with Gasteiger partial charge in [0.15, 0.2) is 11.6 Å². The standard InChI is InChI=1S/C25H29Cl2FN6O2/c1-3-30-22(35)14-33-8-6-18(7-9-33)34-13-17(12-32-34)16-10-21(25(29)31-11-16)36-15(2)23-19(26)4-5-20(28)24(23)27/h4-5,10-13,15,18H,3,6-9,14H2,1-2H3,(H2,29,31)(H,30,35). The first-order valence-electron chi connectivity index (χ1n) is 11.9. The van der Waals surface area contributed by atoms with Crippen LogP contribution in [0.1, 0.15) is 44.4 Å². The van der Waals surface area contributed by atoms with Gasteiger partial charge in [-0.25, -0.2) is 9.37 Å². The average Bonchev–Trinajstić information content (AvgIpc) is 3.34. The number of rotatable bonds is 8. The zero-order chi connectivity index (χ0) is 25.8. The number of nitrogens with one attached hydrogen (secondary N) is 1. The summed E-state index contributed by atoms with van der Waals surface area (Å²) in [5, 5.41) is 7.62. The summed E-state index contributed by atoms with van der Waals surface area (Å²) in [6, 6.07) is 4.67. The molecule has 1 fully saturated rings. The van der Waals surface area contributed by atoms with E-state index in [1.807, 2.05) is 17.8 Å². The lowest BCUT2D eigenvalue weighted by molar-refractivity contribution is -0.122. The average molecular weight is 535 g/mol.